The van der Waals surface area contributed by atoms with Crippen LogP contribution in [0.15, 0.2) is 18.2 Å². The van der Waals surface area contributed by atoms with Crippen LogP contribution >= 0.6 is 0 Å². The number of nitrogens with one attached hydrogen (secondary N) is 1. The maximum atomic E-state index is 5.61. The van der Waals surface area contributed by atoms with Crippen LogP contribution in [0.3, 0.4) is 0 Å². The van der Waals surface area contributed by atoms with Crippen LogP contribution in [0.4, 0.5) is 0 Å². The molecule has 0 fully saturated rings. The van der Waals surface area contributed by atoms with Crippen molar-refractivity contribution in [3.8, 4) is 11.5 Å². The molecule has 5 heteroatoms. The Bertz CT molecular complexity index is 371. The second-order valence-electron chi connectivity index (χ2n) is 4.11. The van der Waals surface area contributed by atoms with E-state index in [9.17, 15) is 0 Å². The summed E-state index contributed by atoms with van der Waals surface area (Å²) in [5.74, 6) is 7.12. The van der Waals surface area contributed by atoms with E-state index in [1.54, 1.807) is 21.3 Å². The summed E-state index contributed by atoms with van der Waals surface area (Å²) >= 11 is 0. The molecule has 3 N–H and O–H groups in total. The van der Waals surface area contributed by atoms with Crippen molar-refractivity contribution in [1.29, 1.82) is 0 Å². The summed E-state index contributed by atoms with van der Waals surface area (Å²) in [5, 5.41) is 0. The average molecular weight is 254 g/mol. The minimum Gasteiger partial charge on any atom is -0.497 e. The van der Waals surface area contributed by atoms with E-state index in [0.717, 1.165) is 23.5 Å². The highest BCUT2D eigenvalue weighted by molar-refractivity contribution is 5.42. The summed E-state index contributed by atoms with van der Waals surface area (Å²) in [6, 6.07) is 5.65. The molecule has 5 nitrogen and oxygen atoms in total. The Kier molecular flexibility index (Phi) is 5.91. The first-order valence-corrected chi connectivity index (χ1v) is 5.87. The van der Waals surface area contributed by atoms with E-state index in [2.05, 4.69) is 5.43 Å². The predicted octanol–water partition coefficient (Wildman–Crippen LogP) is 1.63. The number of methoxy groups -OCH3 is 3. The molecule has 0 heterocycles. The van der Waals surface area contributed by atoms with Gasteiger partial charge in [0.05, 0.1) is 26.4 Å². The monoisotopic (exact) mass is 254 g/mol. The lowest BCUT2D eigenvalue weighted by atomic mass is 10.0. The van der Waals surface area contributed by atoms with Crippen molar-refractivity contribution in [2.24, 2.45) is 5.84 Å². The molecule has 0 spiro atoms. The first kappa shape index (κ1) is 14.8. The van der Waals surface area contributed by atoms with Gasteiger partial charge in [0, 0.05) is 18.7 Å². The molecular formula is C13H22N2O3. The van der Waals surface area contributed by atoms with Crippen molar-refractivity contribution in [2.45, 2.75) is 25.5 Å². The molecule has 2 unspecified atom stereocenters. The van der Waals surface area contributed by atoms with Crippen molar-refractivity contribution < 1.29 is 14.2 Å². The summed E-state index contributed by atoms with van der Waals surface area (Å²) in [6.45, 7) is 2.00. The molecule has 0 aliphatic heterocycles. The predicted molar refractivity (Wildman–Crippen MR) is 70.7 cm³/mol. The first-order chi connectivity index (χ1) is 8.65. The van der Waals surface area contributed by atoms with Gasteiger partial charge in [0.2, 0.25) is 0 Å². The number of hydrogen-bond acceptors (Lipinski definition) is 5. The lowest BCUT2D eigenvalue weighted by molar-refractivity contribution is 0.100. The Labute approximate surface area is 108 Å². The summed E-state index contributed by atoms with van der Waals surface area (Å²) in [5.41, 5.74) is 3.79. The van der Waals surface area contributed by atoms with Crippen molar-refractivity contribution in [3.63, 3.8) is 0 Å². The van der Waals surface area contributed by atoms with Crippen LogP contribution in [0.25, 0.3) is 0 Å². The fourth-order valence-electron chi connectivity index (χ4n) is 1.82. The Balaban J connectivity index is 2.97. The minimum atomic E-state index is -0.0270. The SMILES string of the molecule is COc1ccc(C(CC(C)OC)NN)c(OC)c1. The van der Waals surface area contributed by atoms with E-state index < -0.39 is 0 Å². The Hall–Kier alpha value is -1.30. The van der Waals surface area contributed by atoms with Crippen LogP contribution in [-0.2, 0) is 4.74 Å². The maximum Gasteiger partial charge on any atom is 0.127 e. The van der Waals surface area contributed by atoms with Crippen LogP contribution in [0.1, 0.15) is 24.9 Å². The molecule has 0 aliphatic carbocycles. The van der Waals surface area contributed by atoms with Crippen LogP contribution in [0.5, 0.6) is 11.5 Å². The molecule has 1 rings (SSSR count). The summed E-state index contributed by atoms with van der Waals surface area (Å²) < 4.78 is 15.8. The van der Waals surface area contributed by atoms with E-state index in [4.69, 9.17) is 20.1 Å². The standard InChI is InChI=1S/C13H22N2O3/c1-9(16-2)7-12(15-14)11-6-5-10(17-3)8-13(11)18-4/h5-6,8-9,12,15H,7,14H2,1-4H3. The number of rotatable bonds is 7. The molecule has 0 amide bonds. The van der Waals surface area contributed by atoms with Gasteiger partial charge in [-0.25, -0.2) is 0 Å². The molecule has 0 aromatic heterocycles. The van der Waals surface area contributed by atoms with Gasteiger partial charge in [-0.15, -0.1) is 0 Å². The number of hydrazine groups is 1. The number of nitrogens with two attached hydrogens (primary N) is 1. The molecule has 0 saturated heterocycles. The normalized spacial score (nSPS) is 14.1. The van der Waals surface area contributed by atoms with Gasteiger partial charge >= 0.3 is 0 Å². The largest absolute Gasteiger partial charge is 0.497 e. The van der Waals surface area contributed by atoms with E-state index >= 15 is 0 Å². The maximum absolute atomic E-state index is 5.61. The third kappa shape index (κ3) is 3.60. The van der Waals surface area contributed by atoms with Gasteiger partial charge < -0.3 is 14.2 Å². The Morgan fingerprint density at radius 2 is 1.94 bits per heavy atom. The van der Waals surface area contributed by atoms with Crippen molar-refractivity contribution >= 4 is 0 Å². The van der Waals surface area contributed by atoms with Gasteiger partial charge in [-0.1, -0.05) is 6.07 Å². The lowest BCUT2D eigenvalue weighted by Crippen LogP contribution is -2.31. The van der Waals surface area contributed by atoms with E-state index in [1.807, 2.05) is 25.1 Å². The molecule has 102 valence electrons. The Morgan fingerprint density at radius 3 is 2.44 bits per heavy atom. The first-order valence-electron chi connectivity index (χ1n) is 5.87. The molecule has 0 radical (unpaired) electrons. The highest BCUT2D eigenvalue weighted by Crippen LogP contribution is 2.31. The van der Waals surface area contributed by atoms with Gasteiger partial charge in [-0.3, -0.25) is 11.3 Å². The molecule has 1 aromatic rings. The van der Waals surface area contributed by atoms with Gasteiger partial charge in [0.1, 0.15) is 11.5 Å². The van der Waals surface area contributed by atoms with E-state index in [-0.39, 0.29) is 12.1 Å². The number of benzene rings is 1. The molecule has 1 aromatic carbocycles. The molecular weight excluding hydrogens is 232 g/mol. The molecule has 0 bridgehead atoms. The van der Waals surface area contributed by atoms with Gasteiger partial charge in [-0.05, 0) is 19.4 Å². The summed E-state index contributed by atoms with van der Waals surface area (Å²) in [6.07, 6.45) is 0.869. The third-order valence-electron chi connectivity index (χ3n) is 2.99. The van der Waals surface area contributed by atoms with Gasteiger partial charge in [0.25, 0.3) is 0 Å². The van der Waals surface area contributed by atoms with Crippen LogP contribution in [0, 0.1) is 0 Å². The molecule has 18 heavy (non-hydrogen) atoms. The fraction of sp³-hybridized carbons (Fsp3) is 0.538. The topological polar surface area (TPSA) is 65.7 Å². The lowest BCUT2D eigenvalue weighted by Gasteiger charge is -2.22. The van der Waals surface area contributed by atoms with E-state index in [1.165, 1.54) is 0 Å². The smallest absolute Gasteiger partial charge is 0.127 e. The number of hydrogen-bond donors (Lipinski definition) is 2. The zero-order valence-corrected chi connectivity index (χ0v) is 11.4. The van der Waals surface area contributed by atoms with Crippen LogP contribution in [-0.4, -0.2) is 27.4 Å². The Morgan fingerprint density at radius 1 is 1.22 bits per heavy atom. The summed E-state index contributed by atoms with van der Waals surface area (Å²) in [4.78, 5) is 0. The average Bonchev–Trinajstić information content (AvgIpc) is 2.43. The zero-order chi connectivity index (χ0) is 13.5. The van der Waals surface area contributed by atoms with Crippen molar-refractivity contribution in [3.05, 3.63) is 23.8 Å². The van der Waals surface area contributed by atoms with Crippen molar-refractivity contribution in [1.82, 2.24) is 5.43 Å². The highest BCUT2D eigenvalue weighted by Gasteiger charge is 2.18. The second-order valence-corrected chi connectivity index (χ2v) is 4.11. The van der Waals surface area contributed by atoms with Crippen LogP contribution < -0.4 is 20.7 Å². The quantitative estimate of drug-likeness (QED) is 0.572. The number of ether oxygens (including phenoxy) is 3. The molecule has 0 aliphatic rings. The highest BCUT2D eigenvalue weighted by atomic mass is 16.5. The summed E-state index contributed by atoms with van der Waals surface area (Å²) in [7, 11) is 4.94. The second kappa shape index (κ2) is 7.20. The van der Waals surface area contributed by atoms with Crippen molar-refractivity contribution in [2.75, 3.05) is 21.3 Å². The van der Waals surface area contributed by atoms with E-state index in [0.29, 0.717) is 0 Å². The van der Waals surface area contributed by atoms with Crippen LogP contribution in [0.2, 0.25) is 0 Å². The minimum absolute atomic E-state index is 0.0270. The molecule has 2 atom stereocenters. The zero-order valence-electron chi connectivity index (χ0n) is 11.4. The fourth-order valence-corrected chi connectivity index (χ4v) is 1.82. The third-order valence-corrected chi connectivity index (χ3v) is 2.99. The van der Waals surface area contributed by atoms with Gasteiger partial charge in [-0.2, -0.15) is 0 Å². The van der Waals surface area contributed by atoms with Gasteiger partial charge in [0.15, 0.2) is 0 Å². The molecule has 0 saturated carbocycles.